The molecule has 0 spiro atoms. The van der Waals surface area contributed by atoms with Crippen LogP contribution in [0.1, 0.15) is 21.7 Å². The van der Waals surface area contributed by atoms with Crippen LogP contribution in [-0.2, 0) is 22.7 Å². The molecule has 1 heterocycles. The molecule has 5 nitrogen and oxygen atoms in total. The van der Waals surface area contributed by atoms with E-state index in [1.165, 1.54) is 28.6 Å². The average molecular weight is 341 g/mol. The van der Waals surface area contributed by atoms with E-state index >= 15 is 0 Å². The van der Waals surface area contributed by atoms with Crippen LogP contribution in [0.15, 0.2) is 52.0 Å². The fraction of sp³-hybridized carbons (Fsp3) is 0.167. The normalized spacial score (nSPS) is 13.4. The van der Waals surface area contributed by atoms with E-state index in [2.05, 4.69) is 11.4 Å². The molecule has 4 rings (SSSR count). The van der Waals surface area contributed by atoms with Crippen molar-refractivity contribution >= 4 is 32.2 Å². The zero-order chi connectivity index (χ0) is 16.9. The predicted molar refractivity (Wildman–Crippen MR) is 91.1 cm³/mol. The molecule has 0 atom stereocenters. The molecule has 1 aliphatic carbocycles. The van der Waals surface area contributed by atoms with Crippen molar-refractivity contribution in [1.29, 1.82) is 0 Å². The minimum absolute atomic E-state index is 0.0290. The number of benzene rings is 2. The summed E-state index contributed by atoms with van der Waals surface area (Å²) >= 11 is 0. The largest absolute Gasteiger partial charge is 0.440 e. The van der Waals surface area contributed by atoms with Gasteiger partial charge < -0.3 is 9.73 Å². The molecule has 122 valence electrons. The third-order valence-electron chi connectivity index (χ3n) is 4.30. The van der Waals surface area contributed by atoms with Gasteiger partial charge in [-0.2, -0.15) is 0 Å². The summed E-state index contributed by atoms with van der Waals surface area (Å²) in [7, 11) is -3.47. The van der Waals surface area contributed by atoms with E-state index < -0.39 is 15.7 Å². The zero-order valence-electron chi connectivity index (χ0n) is 13.0. The van der Waals surface area contributed by atoms with Crippen LogP contribution in [0.5, 0.6) is 0 Å². The molecule has 6 heteroatoms. The lowest BCUT2D eigenvalue weighted by molar-refractivity contribution is 0.0992. The van der Waals surface area contributed by atoms with Gasteiger partial charge in [0.15, 0.2) is 5.76 Å². The first-order chi connectivity index (χ1) is 11.4. The Kier molecular flexibility index (Phi) is 3.25. The zero-order valence-corrected chi connectivity index (χ0v) is 13.8. The highest BCUT2D eigenvalue weighted by Gasteiger charge is 2.20. The fourth-order valence-corrected chi connectivity index (χ4v) is 3.74. The molecule has 0 radical (unpaired) electrons. The molecule has 0 unspecified atom stereocenters. The summed E-state index contributed by atoms with van der Waals surface area (Å²) in [5.74, 6) is -0.498. The van der Waals surface area contributed by atoms with E-state index in [-0.39, 0.29) is 10.9 Å². The lowest BCUT2D eigenvalue weighted by Gasteiger charge is -2.09. The van der Waals surface area contributed by atoms with Crippen molar-refractivity contribution in [1.82, 2.24) is 0 Å². The number of nitrogens with one attached hydrogen (secondary N) is 1. The first-order valence-corrected chi connectivity index (χ1v) is 9.47. The Bertz CT molecular complexity index is 1070. The monoisotopic (exact) mass is 341 g/mol. The Hall–Kier alpha value is -2.60. The number of anilines is 1. The van der Waals surface area contributed by atoms with Crippen LogP contribution < -0.4 is 5.32 Å². The highest BCUT2D eigenvalue weighted by Crippen LogP contribution is 2.35. The van der Waals surface area contributed by atoms with Gasteiger partial charge in [-0.05, 0) is 47.6 Å². The number of hydrogen-bond donors (Lipinski definition) is 1. The topological polar surface area (TPSA) is 76.4 Å². The van der Waals surface area contributed by atoms with E-state index in [0.29, 0.717) is 5.69 Å². The van der Waals surface area contributed by atoms with Crippen molar-refractivity contribution in [2.45, 2.75) is 17.9 Å². The Morgan fingerprint density at radius 3 is 2.50 bits per heavy atom. The quantitative estimate of drug-likeness (QED) is 0.794. The molecule has 0 saturated carbocycles. The number of carbonyl (C=O) groups is 1. The van der Waals surface area contributed by atoms with Gasteiger partial charge in [-0.1, -0.05) is 24.3 Å². The Balaban J connectivity index is 1.70. The highest BCUT2D eigenvalue weighted by atomic mass is 32.2. The van der Waals surface area contributed by atoms with Gasteiger partial charge in [0.2, 0.25) is 14.9 Å². The maximum absolute atomic E-state index is 12.4. The number of furan rings is 1. The van der Waals surface area contributed by atoms with Crippen LogP contribution in [0.3, 0.4) is 0 Å². The smallest absolute Gasteiger partial charge is 0.291 e. The van der Waals surface area contributed by atoms with E-state index in [9.17, 15) is 13.2 Å². The highest BCUT2D eigenvalue weighted by molar-refractivity contribution is 7.90. The first-order valence-electron chi connectivity index (χ1n) is 7.58. The first kappa shape index (κ1) is 15.0. The van der Waals surface area contributed by atoms with Gasteiger partial charge in [0.1, 0.15) is 0 Å². The number of amides is 1. The second kappa shape index (κ2) is 5.21. The molecular weight excluding hydrogens is 326 g/mol. The van der Waals surface area contributed by atoms with Gasteiger partial charge in [-0.15, -0.1) is 0 Å². The third-order valence-corrected chi connectivity index (χ3v) is 5.25. The van der Waals surface area contributed by atoms with E-state index in [1.54, 1.807) is 0 Å². The second-order valence-electron chi connectivity index (χ2n) is 5.96. The maximum atomic E-state index is 12.4. The van der Waals surface area contributed by atoms with Gasteiger partial charge in [-0.25, -0.2) is 8.42 Å². The second-order valence-corrected chi connectivity index (χ2v) is 7.90. The fourth-order valence-electron chi connectivity index (χ4n) is 3.18. The van der Waals surface area contributed by atoms with Crippen LogP contribution in [0, 0.1) is 0 Å². The van der Waals surface area contributed by atoms with Crippen molar-refractivity contribution in [2.24, 2.45) is 0 Å². The Labute approximate surface area is 139 Å². The third kappa shape index (κ3) is 2.39. The van der Waals surface area contributed by atoms with Crippen LogP contribution in [0.4, 0.5) is 5.69 Å². The van der Waals surface area contributed by atoms with Crippen LogP contribution in [-0.4, -0.2) is 20.6 Å². The van der Waals surface area contributed by atoms with Crippen LogP contribution in [0.2, 0.25) is 0 Å². The summed E-state index contributed by atoms with van der Waals surface area (Å²) in [4.78, 5) is 12.4. The summed E-state index contributed by atoms with van der Waals surface area (Å²) in [6.07, 6.45) is 3.07. The van der Waals surface area contributed by atoms with Crippen LogP contribution >= 0.6 is 0 Å². The predicted octanol–water partition coefficient (Wildman–Crippen LogP) is 3.19. The molecular formula is C18H15NO4S. The van der Waals surface area contributed by atoms with Gasteiger partial charge in [0.05, 0.1) is 0 Å². The van der Waals surface area contributed by atoms with E-state index in [4.69, 9.17) is 4.42 Å². The minimum atomic E-state index is -3.47. The summed E-state index contributed by atoms with van der Waals surface area (Å²) < 4.78 is 28.1. The number of carbonyl (C=O) groups excluding carboxylic acids is 1. The van der Waals surface area contributed by atoms with Crippen molar-refractivity contribution < 1.29 is 17.6 Å². The number of aryl methyl sites for hydroxylation is 2. The summed E-state index contributed by atoms with van der Waals surface area (Å²) in [5.41, 5.74) is 3.27. The van der Waals surface area contributed by atoms with Gasteiger partial charge in [-0.3, -0.25) is 4.79 Å². The molecule has 1 aromatic heterocycles. The van der Waals surface area contributed by atoms with Crippen molar-refractivity contribution in [3.8, 4) is 0 Å². The molecule has 0 bridgehead atoms. The lowest BCUT2D eigenvalue weighted by atomic mass is 10.0. The van der Waals surface area contributed by atoms with Gasteiger partial charge in [0.25, 0.3) is 5.91 Å². The summed E-state index contributed by atoms with van der Waals surface area (Å²) in [6, 6.07) is 12.6. The van der Waals surface area contributed by atoms with Crippen molar-refractivity contribution in [3.05, 3.63) is 59.4 Å². The maximum Gasteiger partial charge on any atom is 0.291 e. The Morgan fingerprint density at radius 2 is 1.79 bits per heavy atom. The van der Waals surface area contributed by atoms with Crippen LogP contribution in [0.25, 0.3) is 10.8 Å². The van der Waals surface area contributed by atoms with Gasteiger partial charge in [0, 0.05) is 17.3 Å². The average Bonchev–Trinajstić information content (AvgIpc) is 3.18. The number of rotatable bonds is 3. The summed E-state index contributed by atoms with van der Waals surface area (Å²) in [5, 5.41) is 4.80. The molecule has 0 fully saturated rings. The number of sulfone groups is 1. The molecule has 1 aliphatic rings. The molecule has 0 saturated heterocycles. The molecule has 0 aliphatic heterocycles. The van der Waals surface area contributed by atoms with E-state index in [0.717, 1.165) is 24.5 Å². The molecule has 2 aromatic carbocycles. The standard InChI is InChI=1S/C18H15NO4S/c1-24(21,22)16-10-9-15(23-16)18(20)19-14-8-7-12-6-5-11-3-2-4-13(14)17(11)12/h2-4,7-10H,5-6H2,1H3,(H,19,20). The van der Waals surface area contributed by atoms with E-state index in [1.807, 2.05) is 24.3 Å². The SMILES string of the molecule is CS(=O)(=O)c1ccc(C(=O)Nc2ccc3c4c(cccc24)CC3)o1. The molecule has 1 amide bonds. The number of hydrogen-bond acceptors (Lipinski definition) is 4. The molecule has 3 aromatic rings. The molecule has 24 heavy (non-hydrogen) atoms. The molecule has 1 N–H and O–H groups in total. The summed E-state index contributed by atoms with van der Waals surface area (Å²) in [6.45, 7) is 0. The van der Waals surface area contributed by atoms with Gasteiger partial charge >= 0.3 is 0 Å². The minimum Gasteiger partial charge on any atom is -0.440 e. The van der Waals surface area contributed by atoms with Crippen molar-refractivity contribution in [3.63, 3.8) is 0 Å². The lowest BCUT2D eigenvalue weighted by Crippen LogP contribution is -2.11. The Morgan fingerprint density at radius 1 is 1.04 bits per heavy atom. The van der Waals surface area contributed by atoms with Crippen molar-refractivity contribution in [2.75, 3.05) is 11.6 Å².